The van der Waals surface area contributed by atoms with E-state index in [1.165, 1.54) is 6.92 Å². The zero-order chi connectivity index (χ0) is 14.4. The molecule has 1 amide bonds. The van der Waals surface area contributed by atoms with Crippen LogP contribution in [-0.2, 0) is 9.59 Å². The van der Waals surface area contributed by atoms with Gasteiger partial charge in [-0.3, -0.25) is 9.59 Å². The van der Waals surface area contributed by atoms with Crippen molar-refractivity contribution in [1.29, 1.82) is 0 Å². The highest BCUT2D eigenvalue weighted by Gasteiger charge is 2.19. The Hall–Kier alpha value is -1.69. The standard InChI is InChI=1S/C13H14BrNO4/c1-8(16)15-11(13(18)19)6-7-12(17)9-2-4-10(14)5-3-9/h2-5,11H,6-7H2,1H3,(H,15,16)(H,18,19). The summed E-state index contributed by atoms with van der Waals surface area (Å²) in [7, 11) is 0. The summed E-state index contributed by atoms with van der Waals surface area (Å²) >= 11 is 3.27. The SMILES string of the molecule is CC(=O)NC(CCC(=O)c1ccc(Br)cc1)C(=O)O. The predicted octanol–water partition coefficient (Wildman–Crippen LogP) is 2.00. The molecule has 0 spiro atoms. The average Bonchev–Trinajstić information content (AvgIpc) is 2.34. The molecule has 0 aliphatic rings. The van der Waals surface area contributed by atoms with Crippen molar-refractivity contribution in [2.75, 3.05) is 0 Å². The molecule has 0 aliphatic carbocycles. The number of Topliss-reactive ketones (excluding diaryl/α,β-unsaturated/α-hetero) is 1. The van der Waals surface area contributed by atoms with Crippen LogP contribution in [-0.4, -0.2) is 28.8 Å². The molecule has 1 atom stereocenters. The Kier molecular flexibility index (Phi) is 5.69. The van der Waals surface area contributed by atoms with Gasteiger partial charge in [-0.15, -0.1) is 0 Å². The van der Waals surface area contributed by atoms with Gasteiger partial charge in [0.1, 0.15) is 6.04 Å². The minimum absolute atomic E-state index is 0.0683. The van der Waals surface area contributed by atoms with E-state index in [0.29, 0.717) is 5.56 Å². The fraction of sp³-hybridized carbons (Fsp3) is 0.308. The number of hydrogen-bond acceptors (Lipinski definition) is 3. The third-order valence-corrected chi connectivity index (χ3v) is 3.03. The second-order valence-electron chi connectivity index (χ2n) is 4.06. The summed E-state index contributed by atoms with van der Waals surface area (Å²) in [6, 6.07) is 5.80. The van der Waals surface area contributed by atoms with Crippen LogP contribution in [0.15, 0.2) is 28.7 Å². The van der Waals surface area contributed by atoms with Crippen molar-refractivity contribution in [1.82, 2.24) is 5.32 Å². The van der Waals surface area contributed by atoms with Crippen LogP contribution in [0.3, 0.4) is 0 Å². The molecule has 0 aromatic heterocycles. The minimum Gasteiger partial charge on any atom is -0.480 e. The molecule has 1 aromatic carbocycles. The van der Waals surface area contributed by atoms with E-state index in [1.807, 2.05) is 0 Å². The van der Waals surface area contributed by atoms with Gasteiger partial charge in [-0.2, -0.15) is 0 Å². The van der Waals surface area contributed by atoms with Crippen molar-refractivity contribution in [3.63, 3.8) is 0 Å². The summed E-state index contributed by atoms with van der Waals surface area (Å²) in [6.07, 6.45) is 0.142. The summed E-state index contributed by atoms with van der Waals surface area (Å²) < 4.78 is 0.866. The quantitative estimate of drug-likeness (QED) is 0.783. The van der Waals surface area contributed by atoms with Crippen molar-refractivity contribution in [2.45, 2.75) is 25.8 Å². The highest BCUT2D eigenvalue weighted by molar-refractivity contribution is 9.10. The number of carbonyl (C=O) groups is 3. The first kappa shape index (κ1) is 15.4. The van der Waals surface area contributed by atoms with E-state index in [9.17, 15) is 14.4 Å². The summed E-state index contributed by atoms with van der Waals surface area (Å²) in [5.41, 5.74) is 0.523. The van der Waals surface area contributed by atoms with Gasteiger partial charge in [0.2, 0.25) is 5.91 Å². The Morgan fingerprint density at radius 1 is 1.26 bits per heavy atom. The molecular weight excluding hydrogens is 314 g/mol. The van der Waals surface area contributed by atoms with Crippen LogP contribution in [0.5, 0.6) is 0 Å². The van der Waals surface area contributed by atoms with Crippen LogP contribution in [0.4, 0.5) is 0 Å². The first-order chi connectivity index (χ1) is 8.90. The van der Waals surface area contributed by atoms with Crippen LogP contribution in [0, 0.1) is 0 Å². The monoisotopic (exact) mass is 327 g/mol. The smallest absolute Gasteiger partial charge is 0.326 e. The maximum Gasteiger partial charge on any atom is 0.326 e. The number of carbonyl (C=O) groups excluding carboxylic acids is 2. The van der Waals surface area contributed by atoms with E-state index in [-0.39, 0.29) is 18.6 Å². The summed E-state index contributed by atoms with van der Waals surface area (Å²) in [4.78, 5) is 33.6. The van der Waals surface area contributed by atoms with E-state index < -0.39 is 17.9 Å². The molecular formula is C13H14BrNO4. The number of rotatable bonds is 6. The van der Waals surface area contributed by atoms with Gasteiger partial charge >= 0.3 is 5.97 Å². The number of benzene rings is 1. The van der Waals surface area contributed by atoms with Gasteiger partial charge in [-0.05, 0) is 18.6 Å². The molecule has 5 nitrogen and oxygen atoms in total. The third kappa shape index (κ3) is 5.21. The Balaban J connectivity index is 2.59. The molecule has 0 saturated carbocycles. The fourth-order valence-electron chi connectivity index (χ4n) is 1.56. The lowest BCUT2D eigenvalue weighted by Gasteiger charge is -2.12. The van der Waals surface area contributed by atoms with E-state index in [2.05, 4.69) is 21.2 Å². The maximum atomic E-state index is 11.8. The molecule has 19 heavy (non-hydrogen) atoms. The first-order valence-electron chi connectivity index (χ1n) is 5.69. The van der Waals surface area contributed by atoms with Crippen LogP contribution in [0.2, 0.25) is 0 Å². The number of amides is 1. The third-order valence-electron chi connectivity index (χ3n) is 2.50. The van der Waals surface area contributed by atoms with E-state index in [0.717, 1.165) is 4.47 Å². The Morgan fingerprint density at radius 2 is 1.84 bits per heavy atom. The van der Waals surface area contributed by atoms with Gasteiger partial charge in [0.15, 0.2) is 5.78 Å². The van der Waals surface area contributed by atoms with Gasteiger partial charge in [0.25, 0.3) is 0 Å². The van der Waals surface area contributed by atoms with Crippen molar-refractivity contribution in [3.05, 3.63) is 34.3 Å². The molecule has 0 saturated heterocycles. The molecule has 0 fully saturated rings. The van der Waals surface area contributed by atoms with Gasteiger partial charge in [-0.1, -0.05) is 28.1 Å². The first-order valence-corrected chi connectivity index (χ1v) is 6.48. The molecule has 102 valence electrons. The normalized spacial score (nSPS) is 11.7. The van der Waals surface area contributed by atoms with Crippen molar-refractivity contribution in [2.24, 2.45) is 0 Å². The van der Waals surface area contributed by atoms with Gasteiger partial charge in [-0.25, -0.2) is 4.79 Å². The number of carboxylic acid groups (broad SMARTS) is 1. The Morgan fingerprint density at radius 3 is 2.32 bits per heavy atom. The number of hydrogen-bond donors (Lipinski definition) is 2. The van der Waals surface area contributed by atoms with Crippen molar-refractivity contribution in [3.8, 4) is 0 Å². The van der Waals surface area contributed by atoms with Crippen molar-refractivity contribution < 1.29 is 19.5 Å². The largest absolute Gasteiger partial charge is 0.480 e. The van der Waals surface area contributed by atoms with E-state index in [1.54, 1.807) is 24.3 Å². The lowest BCUT2D eigenvalue weighted by molar-refractivity contribution is -0.141. The number of halogens is 1. The average molecular weight is 328 g/mol. The molecule has 0 radical (unpaired) electrons. The lowest BCUT2D eigenvalue weighted by Crippen LogP contribution is -2.39. The van der Waals surface area contributed by atoms with E-state index in [4.69, 9.17) is 5.11 Å². The van der Waals surface area contributed by atoms with Crippen LogP contribution in [0.25, 0.3) is 0 Å². The second-order valence-corrected chi connectivity index (χ2v) is 4.98. The summed E-state index contributed by atoms with van der Waals surface area (Å²) in [5, 5.41) is 11.2. The minimum atomic E-state index is -1.14. The Labute approximate surface area is 119 Å². The predicted molar refractivity (Wildman–Crippen MR) is 72.9 cm³/mol. The number of carboxylic acids is 1. The number of aliphatic carboxylic acids is 1. The molecule has 0 bridgehead atoms. The van der Waals surface area contributed by atoms with Crippen molar-refractivity contribution >= 4 is 33.6 Å². The zero-order valence-electron chi connectivity index (χ0n) is 10.4. The lowest BCUT2D eigenvalue weighted by atomic mass is 10.0. The van der Waals surface area contributed by atoms with Gasteiger partial charge < -0.3 is 10.4 Å². The molecule has 1 aromatic rings. The highest BCUT2D eigenvalue weighted by atomic mass is 79.9. The number of nitrogens with one attached hydrogen (secondary N) is 1. The molecule has 6 heteroatoms. The molecule has 0 heterocycles. The molecule has 2 N–H and O–H groups in total. The summed E-state index contributed by atoms with van der Waals surface area (Å²) in [5.74, 6) is -1.72. The van der Waals surface area contributed by atoms with Crippen LogP contribution in [0.1, 0.15) is 30.1 Å². The molecule has 1 rings (SSSR count). The van der Waals surface area contributed by atoms with Crippen LogP contribution >= 0.6 is 15.9 Å². The van der Waals surface area contributed by atoms with Crippen LogP contribution < -0.4 is 5.32 Å². The zero-order valence-corrected chi connectivity index (χ0v) is 11.9. The van der Waals surface area contributed by atoms with Gasteiger partial charge in [0.05, 0.1) is 0 Å². The molecule has 1 unspecified atom stereocenters. The maximum absolute atomic E-state index is 11.8. The highest BCUT2D eigenvalue weighted by Crippen LogP contribution is 2.13. The topological polar surface area (TPSA) is 83.5 Å². The van der Waals surface area contributed by atoms with Gasteiger partial charge in [0, 0.05) is 23.4 Å². The number of ketones is 1. The molecule has 0 aliphatic heterocycles. The summed E-state index contributed by atoms with van der Waals surface area (Å²) in [6.45, 7) is 1.24. The second kappa shape index (κ2) is 7.04. The van der Waals surface area contributed by atoms with E-state index >= 15 is 0 Å². The Bertz CT molecular complexity index is 484. The fourth-order valence-corrected chi connectivity index (χ4v) is 1.82.